The minimum atomic E-state index is -1.63. The second kappa shape index (κ2) is 11.7. The number of Topliss-reactive ketones (excluding diaryl/α,β-unsaturated/α-hetero) is 1. The van der Waals surface area contributed by atoms with E-state index in [1.807, 2.05) is 19.1 Å². The molecule has 1 fully saturated rings. The zero-order chi connectivity index (χ0) is 21.2. The van der Waals surface area contributed by atoms with Gasteiger partial charge in [-0.25, -0.2) is 4.79 Å². The van der Waals surface area contributed by atoms with Gasteiger partial charge in [0, 0.05) is 11.8 Å². The molecule has 1 aliphatic rings. The number of aliphatic hydroxyl groups excluding tert-OH is 1. The number of carboxylic acids is 1. The van der Waals surface area contributed by atoms with Crippen LogP contribution in [-0.2, 0) is 9.59 Å². The van der Waals surface area contributed by atoms with E-state index in [2.05, 4.69) is 6.92 Å². The van der Waals surface area contributed by atoms with Crippen LogP contribution in [0.1, 0.15) is 97.8 Å². The Morgan fingerprint density at radius 2 is 1.96 bits per heavy atom. The maximum Gasteiger partial charge on any atom is 0.335 e. The Bertz CT molecular complexity index is 529. The summed E-state index contributed by atoms with van der Waals surface area (Å²) < 4.78 is 0. The standard InChI is InChI=1S/C23H40O5/c1-4-6-8-11-19(24)14-12-18-13-15-20(25)22(18,3)16-9-7-10-17-23(28,5-2)21(26)27/h12,14,18-19,24,28H,4-11,13,15-17H2,1-3H3,(H,26,27)/t18-,19?,22+,23?/m0/s1. The maximum absolute atomic E-state index is 12.5. The highest BCUT2D eigenvalue weighted by atomic mass is 16.4. The molecule has 28 heavy (non-hydrogen) atoms. The molecule has 5 nitrogen and oxygen atoms in total. The number of hydrogen-bond donors (Lipinski definition) is 3. The van der Waals surface area contributed by atoms with Crippen molar-refractivity contribution in [1.82, 2.24) is 0 Å². The average molecular weight is 397 g/mol. The van der Waals surface area contributed by atoms with E-state index in [0.717, 1.165) is 51.4 Å². The highest BCUT2D eigenvalue weighted by molar-refractivity contribution is 5.87. The molecule has 1 aliphatic carbocycles. The number of carbonyl (C=O) groups excluding carboxylic acids is 1. The summed E-state index contributed by atoms with van der Waals surface area (Å²) in [6, 6.07) is 0. The Hall–Kier alpha value is -1.20. The van der Waals surface area contributed by atoms with E-state index < -0.39 is 23.1 Å². The van der Waals surface area contributed by atoms with Gasteiger partial charge in [0.2, 0.25) is 0 Å². The molecule has 162 valence electrons. The van der Waals surface area contributed by atoms with Crippen LogP contribution >= 0.6 is 0 Å². The summed E-state index contributed by atoms with van der Waals surface area (Å²) in [5.41, 5.74) is -2.03. The highest BCUT2D eigenvalue weighted by Gasteiger charge is 2.44. The Morgan fingerprint density at radius 1 is 1.25 bits per heavy atom. The zero-order valence-electron chi connectivity index (χ0n) is 18.0. The van der Waals surface area contributed by atoms with Gasteiger partial charge >= 0.3 is 5.97 Å². The third-order valence-electron chi connectivity index (χ3n) is 6.58. The molecule has 1 rings (SSSR count). The van der Waals surface area contributed by atoms with Gasteiger partial charge in [0.05, 0.1) is 6.10 Å². The summed E-state index contributed by atoms with van der Waals surface area (Å²) in [5, 5.41) is 29.3. The van der Waals surface area contributed by atoms with E-state index in [1.165, 1.54) is 0 Å². The Labute approximate surface area is 170 Å². The monoisotopic (exact) mass is 396 g/mol. The minimum absolute atomic E-state index is 0.160. The van der Waals surface area contributed by atoms with E-state index in [9.17, 15) is 19.8 Å². The van der Waals surface area contributed by atoms with Gasteiger partial charge in [-0.05, 0) is 44.4 Å². The van der Waals surface area contributed by atoms with Gasteiger partial charge in [0.15, 0.2) is 5.60 Å². The predicted molar refractivity (Wildman–Crippen MR) is 111 cm³/mol. The number of aliphatic hydroxyl groups is 2. The first-order valence-corrected chi connectivity index (χ1v) is 11.0. The predicted octanol–water partition coefficient (Wildman–Crippen LogP) is 4.65. The van der Waals surface area contributed by atoms with E-state index in [-0.39, 0.29) is 18.8 Å². The zero-order valence-corrected chi connectivity index (χ0v) is 18.0. The van der Waals surface area contributed by atoms with Crippen LogP contribution in [0, 0.1) is 11.3 Å². The van der Waals surface area contributed by atoms with Crippen LogP contribution in [0.2, 0.25) is 0 Å². The lowest BCUT2D eigenvalue weighted by molar-refractivity contribution is -0.159. The van der Waals surface area contributed by atoms with Crippen molar-refractivity contribution in [2.45, 2.75) is 110 Å². The molecule has 0 aromatic carbocycles. The molecule has 0 amide bonds. The van der Waals surface area contributed by atoms with Crippen molar-refractivity contribution in [2.75, 3.05) is 0 Å². The topological polar surface area (TPSA) is 94.8 Å². The van der Waals surface area contributed by atoms with Crippen molar-refractivity contribution in [1.29, 1.82) is 0 Å². The Morgan fingerprint density at radius 3 is 2.57 bits per heavy atom. The number of rotatable bonds is 14. The molecule has 0 spiro atoms. The van der Waals surface area contributed by atoms with Gasteiger partial charge in [-0.2, -0.15) is 0 Å². The third-order valence-corrected chi connectivity index (χ3v) is 6.58. The number of unbranched alkanes of at least 4 members (excludes halogenated alkanes) is 4. The average Bonchev–Trinajstić information content (AvgIpc) is 2.94. The van der Waals surface area contributed by atoms with Crippen molar-refractivity contribution in [3.8, 4) is 0 Å². The number of hydrogen-bond acceptors (Lipinski definition) is 4. The number of carbonyl (C=O) groups is 2. The van der Waals surface area contributed by atoms with Crippen molar-refractivity contribution >= 4 is 11.8 Å². The van der Waals surface area contributed by atoms with Crippen LogP contribution in [-0.4, -0.2) is 38.8 Å². The first kappa shape index (κ1) is 24.8. The number of carboxylic acid groups (broad SMARTS) is 1. The lowest BCUT2D eigenvalue weighted by Crippen LogP contribution is -2.37. The molecule has 0 bridgehead atoms. The summed E-state index contributed by atoms with van der Waals surface area (Å²) >= 11 is 0. The third kappa shape index (κ3) is 7.00. The second-order valence-corrected chi connectivity index (χ2v) is 8.68. The molecule has 2 unspecified atom stereocenters. The smallest absolute Gasteiger partial charge is 0.335 e. The van der Waals surface area contributed by atoms with Crippen LogP contribution < -0.4 is 0 Å². The van der Waals surface area contributed by atoms with Crippen molar-refractivity contribution in [3.63, 3.8) is 0 Å². The van der Waals surface area contributed by atoms with Crippen molar-refractivity contribution in [3.05, 3.63) is 12.2 Å². The molecule has 0 saturated heterocycles. The van der Waals surface area contributed by atoms with Crippen LogP contribution in [0.25, 0.3) is 0 Å². The van der Waals surface area contributed by atoms with E-state index in [4.69, 9.17) is 5.11 Å². The van der Waals surface area contributed by atoms with Gasteiger partial charge < -0.3 is 15.3 Å². The first-order valence-electron chi connectivity index (χ1n) is 11.0. The summed E-state index contributed by atoms with van der Waals surface area (Å²) in [4.78, 5) is 23.7. The fraction of sp³-hybridized carbons (Fsp3) is 0.826. The molecule has 0 aliphatic heterocycles. The quantitative estimate of drug-likeness (QED) is 0.293. The van der Waals surface area contributed by atoms with Crippen LogP contribution in [0.15, 0.2) is 12.2 Å². The Balaban J connectivity index is 2.50. The summed E-state index contributed by atoms with van der Waals surface area (Å²) in [5.74, 6) is -0.707. The molecule has 0 heterocycles. The summed E-state index contributed by atoms with van der Waals surface area (Å²) in [6.07, 6.45) is 12.4. The molecule has 1 saturated carbocycles. The van der Waals surface area contributed by atoms with Gasteiger partial charge in [-0.15, -0.1) is 0 Å². The van der Waals surface area contributed by atoms with Gasteiger partial charge in [-0.3, -0.25) is 4.79 Å². The molecule has 5 heteroatoms. The number of ketones is 1. The normalized spacial score (nSPS) is 25.9. The lowest BCUT2D eigenvalue weighted by Gasteiger charge is -2.28. The highest BCUT2D eigenvalue weighted by Crippen LogP contribution is 2.45. The Kier molecular flexibility index (Phi) is 10.4. The van der Waals surface area contributed by atoms with Gasteiger partial charge in [-0.1, -0.05) is 65.0 Å². The maximum atomic E-state index is 12.5. The SMILES string of the molecule is CCCCCC(O)C=C[C@H]1CCC(=O)[C@]1(C)CCCCCC(O)(CC)C(=O)O. The van der Waals surface area contributed by atoms with E-state index >= 15 is 0 Å². The number of allylic oxidation sites excluding steroid dienone is 1. The summed E-state index contributed by atoms with van der Waals surface area (Å²) in [6.45, 7) is 5.85. The van der Waals surface area contributed by atoms with E-state index in [1.54, 1.807) is 6.92 Å². The second-order valence-electron chi connectivity index (χ2n) is 8.68. The molecule has 3 N–H and O–H groups in total. The van der Waals surface area contributed by atoms with Gasteiger partial charge in [0.1, 0.15) is 5.78 Å². The summed E-state index contributed by atoms with van der Waals surface area (Å²) in [7, 11) is 0. The first-order chi connectivity index (χ1) is 13.2. The van der Waals surface area contributed by atoms with Crippen LogP contribution in [0.5, 0.6) is 0 Å². The van der Waals surface area contributed by atoms with Crippen molar-refractivity contribution in [2.24, 2.45) is 11.3 Å². The largest absolute Gasteiger partial charge is 0.479 e. The molecule has 0 aromatic rings. The molecule has 0 radical (unpaired) electrons. The van der Waals surface area contributed by atoms with E-state index in [0.29, 0.717) is 18.6 Å². The number of aliphatic carboxylic acids is 1. The molecule has 0 aromatic heterocycles. The lowest BCUT2D eigenvalue weighted by atomic mass is 9.74. The van der Waals surface area contributed by atoms with Gasteiger partial charge in [0.25, 0.3) is 0 Å². The van der Waals surface area contributed by atoms with Crippen LogP contribution in [0.4, 0.5) is 0 Å². The minimum Gasteiger partial charge on any atom is -0.479 e. The van der Waals surface area contributed by atoms with Crippen LogP contribution in [0.3, 0.4) is 0 Å². The molecule has 4 atom stereocenters. The molecular formula is C23H40O5. The fourth-order valence-corrected chi connectivity index (χ4v) is 4.21. The fourth-order valence-electron chi connectivity index (χ4n) is 4.21. The van der Waals surface area contributed by atoms with Crippen molar-refractivity contribution < 1.29 is 24.9 Å². The molecular weight excluding hydrogens is 356 g/mol.